The number of urea groups is 1. The van der Waals surface area contributed by atoms with Crippen molar-refractivity contribution >= 4 is 29.0 Å². The van der Waals surface area contributed by atoms with E-state index in [0.717, 1.165) is 27.8 Å². The predicted octanol–water partition coefficient (Wildman–Crippen LogP) is 5.37. The molecule has 1 heterocycles. The van der Waals surface area contributed by atoms with Gasteiger partial charge in [-0.2, -0.15) is 0 Å². The summed E-state index contributed by atoms with van der Waals surface area (Å²) in [7, 11) is 0. The molecule has 7 nitrogen and oxygen atoms in total. The minimum atomic E-state index is -1.22. The second-order valence-corrected chi connectivity index (χ2v) is 9.55. The number of benzodiazepines with no additional fused rings is 1. The first kappa shape index (κ1) is 25.9. The summed E-state index contributed by atoms with van der Waals surface area (Å²) < 4.78 is 0. The Balaban J connectivity index is 1.54. The standard InChI is InChI=1S/C32H30N4O3/c1-21-11-10-15-24(19-21)33-32(39)35-30-31(38)36(20-28(37)25-16-7-6-12-22(25)2)27-18-9-8-17-26(27)29(34-30)23-13-4-3-5-14-23/h3-19,28,30,37H,20H2,1-2H3,(H2,33,35,39). The Morgan fingerprint density at radius 3 is 2.41 bits per heavy atom. The number of amides is 3. The third-order valence-corrected chi connectivity index (χ3v) is 6.70. The monoisotopic (exact) mass is 518 g/mol. The molecule has 0 aromatic heterocycles. The number of aliphatic hydroxyl groups is 1. The van der Waals surface area contributed by atoms with Gasteiger partial charge < -0.3 is 20.6 Å². The number of hydrogen-bond acceptors (Lipinski definition) is 4. The number of nitrogens with one attached hydrogen (secondary N) is 2. The van der Waals surface area contributed by atoms with Crippen molar-refractivity contribution in [1.82, 2.24) is 5.32 Å². The first-order chi connectivity index (χ1) is 18.9. The fourth-order valence-corrected chi connectivity index (χ4v) is 4.78. The van der Waals surface area contributed by atoms with Crippen molar-refractivity contribution in [1.29, 1.82) is 0 Å². The Bertz CT molecular complexity index is 1530. The van der Waals surface area contributed by atoms with E-state index < -0.39 is 24.2 Å². The number of β-amino-alcohol motifs (C(OH)–C–C–N with tert-alkyl or cyclic N) is 1. The van der Waals surface area contributed by atoms with Crippen LogP contribution in [0.1, 0.15) is 33.9 Å². The van der Waals surface area contributed by atoms with E-state index in [9.17, 15) is 14.7 Å². The largest absolute Gasteiger partial charge is 0.387 e. The van der Waals surface area contributed by atoms with Crippen molar-refractivity contribution in [3.8, 4) is 0 Å². The van der Waals surface area contributed by atoms with Gasteiger partial charge in [0.2, 0.25) is 6.17 Å². The number of aliphatic hydroxyl groups excluding tert-OH is 1. The van der Waals surface area contributed by atoms with Gasteiger partial charge in [0.1, 0.15) is 0 Å². The summed E-state index contributed by atoms with van der Waals surface area (Å²) in [6, 6.07) is 31.4. The zero-order valence-electron chi connectivity index (χ0n) is 21.8. The third kappa shape index (κ3) is 5.73. The van der Waals surface area contributed by atoms with Crippen molar-refractivity contribution < 1.29 is 14.7 Å². The molecule has 196 valence electrons. The molecule has 1 aliphatic heterocycles. The van der Waals surface area contributed by atoms with Crippen LogP contribution in [-0.4, -0.2) is 35.5 Å². The lowest BCUT2D eigenvalue weighted by Gasteiger charge is -2.28. The van der Waals surface area contributed by atoms with Crippen LogP contribution in [0.25, 0.3) is 0 Å². The van der Waals surface area contributed by atoms with Crippen LogP contribution in [-0.2, 0) is 4.79 Å². The molecule has 5 rings (SSSR count). The highest BCUT2D eigenvalue weighted by Crippen LogP contribution is 2.30. The lowest BCUT2D eigenvalue weighted by molar-refractivity contribution is -0.120. The minimum absolute atomic E-state index is 0.00400. The molecule has 0 spiro atoms. The molecule has 0 radical (unpaired) electrons. The second-order valence-electron chi connectivity index (χ2n) is 9.55. The van der Waals surface area contributed by atoms with E-state index in [1.54, 1.807) is 6.07 Å². The first-order valence-electron chi connectivity index (χ1n) is 12.8. The molecule has 3 N–H and O–H groups in total. The minimum Gasteiger partial charge on any atom is -0.387 e. The van der Waals surface area contributed by atoms with E-state index in [1.165, 1.54) is 4.90 Å². The van der Waals surface area contributed by atoms with Crippen molar-refractivity contribution in [2.45, 2.75) is 26.1 Å². The fourth-order valence-electron chi connectivity index (χ4n) is 4.78. The van der Waals surface area contributed by atoms with Crippen LogP contribution in [0.3, 0.4) is 0 Å². The maximum Gasteiger partial charge on any atom is 0.321 e. The topological polar surface area (TPSA) is 94.0 Å². The Hall–Kier alpha value is -4.75. The van der Waals surface area contributed by atoms with Gasteiger partial charge in [-0.1, -0.05) is 84.9 Å². The number of anilines is 2. The van der Waals surface area contributed by atoms with Crippen molar-refractivity contribution in [2.24, 2.45) is 4.99 Å². The van der Waals surface area contributed by atoms with Gasteiger partial charge in [-0.3, -0.25) is 4.79 Å². The van der Waals surface area contributed by atoms with Crippen LogP contribution in [0.4, 0.5) is 16.2 Å². The van der Waals surface area contributed by atoms with Crippen LogP contribution in [0.5, 0.6) is 0 Å². The number of aryl methyl sites for hydroxylation is 2. The highest BCUT2D eigenvalue weighted by Gasteiger charge is 2.34. The molecule has 4 aromatic rings. The summed E-state index contributed by atoms with van der Waals surface area (Å²) in [5, 5.41) is 16.8. The van der Waals surface area contributed by atoms with Crippen LogP contribution in [0.15, 0.2) is 108 Å². The zero-order chi connectivity index (χ0) is 27.4. The fraction of sp³-hybridized carbons (Fsp3) is 0.156. The van der Waals surface area contributed by atoms with Gasteiger partial charge >= 0.3 is 6.03 Å². The molecule has 0 bridgehead atoms. The van der Waals surface area contributed by atoms with Gasteiger partial charge in [-0.15, -0.1) is 0 Å². The summed E-state index contributed by atoms with van der Waals surface area (Å²) in [5.74, 6) is -0.444. The zero-order valence-corrected chi connectivity index (χ0v) is 21.8. The van der Waals surface area contributed by atoms with E-state index in [-0.39, 0.29) is 6.54 Å². The summed E-state index contributed by atoms with van der Waals surface area (Å²) in [6.45, 7) is 3.85. The Kier molecular flexibility index (Phi) is 7.52. The third-order valence-electron chi connectivity index (χ3n) is 6.70. The van der Waals surface area contributed by atoms with E-state index in [2.05, 4.69) is 10.6 Å². The maximum atomic E-state index is 14.0. The summed E-state index contributed by atoms with van der Waals surface area (Å²) in [5.41, 5.74) is 5.99. The molecule has 4 aromatic carbocycles. The van der Waals surface area contributed by atoms with Crippen molar-refractivity contribution in [3.05, 3.63) is 131 Å². The first-order valence-corrected chi connectivity index (χ1v) is 12.8. The predicted molar refractivity (Wildman–Crippen MR) is 154 cm³/mol. The van der Waals surface area contributed by atoms with Gasteiger partial charge in [-0.25, -0.2) is 9.79 Å². The summed E-state index contributed by atoms with van der Waals surface area (Å²) in [6.07, 6.45) is -2.16. The number of aliphatic imine (C=N–C) groups is 1. The molecule has 3 amide bonds. The van der Waals surface area contributed by atoms with Gasteiger partial charge in [-0.05, 0) is 48.7 Å². The number of fused-ring (bicyclic) bond motifs is 1. The molecule has 2 atom stereocenters. The highest BCUT2D eigenvalue weighted by atomic mass is 16.3. The maximum absolute atomic E-state index is 14.0. The van der Waals surface area contributed by atoms with Crippen molar-refractivity contribution in [3.63, 3.8) is 0 Å². The number of rotatable bonds is 6. The SMILES string of the molecule is Cc1cccc(NC(=O)NC2N=C(c3ccccc3)c3ccccc3N(CC(O)c3ccccc3C)C2=O)c1. The summed E-state index contributed by atoms with van der Waals surface area (Å²) in [4.78, 5) is 33.4. The number of nitrogens with zero attached hydrogens (tertiary/aromatic N) is 2. The van der Waals surface area contributed by atoms with Gasteiger partial charge in [0, 0.05) is 16.8 Å². The van der Waals surface area contributed by atoms with Gasteiger partial charge in [0.15, 0.2) is 0 Å². The molecule has 39 heavy (non-hydrogen) atoms. The molecule has 0 fully saturated rings. The number of carbonyl (C=O) groups is 2. The Morgan fingerprint density at radius 2 is 1.64 bits per heavy atom. The van der Waals surface area contributed by atoms with Crippen molar-refractivity contribution in [2.75, 3.05) is 16.8 Å². The average molecular weight is 519 g/mol. The van der Waals surface area contributed by atoms with Crippen LogP contribution in [0.2, 0.25) is 0 Å². The summed E-state index contributed by atoms with van der Waals surface area (Å²) >= 11 is 0. The van der Waals surface area contributed by atoms with Crippen LogP contribution >= 0.6 is 0 Å². The smallest absolute Gasteiger partial charge is 0.321 e. The molecule has 1 aliphatic rings. The lowest BCUT2D eigenvalue weighted by atomic mass is 9.99. The molecule has 0 aliphatic carbocycles. The molecule has 7 heteroatoms. The van der Waals surface area contributed by atoms with Crippen LogP contribution in [0, 0.1) is 13.8 Å². The van der Waals surface area contributed by atoms with Crippen LogP contribution < -0.4 is 15.5 Å². The number of hydrogen-bond donors (Lipinski definition) is 3. The number of para-hydroxylation sites is 1. The lowest BCUT2D eigenvalue weighted by Crippen LogP contribution is -2.49. The molecule has 0 saturated heterocycles. The number of carbonyl (C=O) groups excluding carboxylic acids is 2. The number of benzene rings is 4. The van der Waals surface area contributed by atoms with E-state index >= 15 is 0 Å². The second kappa shape index (κ2) is 11.3. The quantitative estimate of drug-likeness (QED) is 0.320. The highest BCUT2D eigenvalue weighted by molar-refractivity contribution is 6.20. The van der Waals surface area contributed by atoms with E-state index in [4.69, 9.17) is 4.99 Å². The van der Waals surface area contributed by atoms with Gasteiger partial charge in [0.05, 0.1) is 24.0 Å². The molecule has 2 unspecified atom stereocenters. The average Bonchev–Trinajstić information content (AvgIpc) is 3.04. The molecular formula is C32H30N4O3. The normalized spacial score (nSPS) is 15.6. The van der Waals surface area contributed by atoms with Gasteiger partial charge in [0.25, 0.3) is 5.91 Å². The van der Waals surface area contributed by atoms with E-state index in [1.807, 2.05) is 111 Å². The molecule has 0 saturated carbocycles. The Morgan fingerprint density at radius 1 is 0.923 bits per heavy atom. The Labute approximate surface area is 227 Å². The molecular weight excluding hydrogens is 488 g/mol. The van der Waals surface area contributed by atoms with E-state index in [0.29, 0.717) is 17.1 Å².